The second-order valence-electron chi connectivity index (χ2n) is 4.85. The smallest absolute Gasteiger partial charge is 0.328 e. The lowest BCUT2D eigenvalue weighted by Gasteiger charge is -2.27. The Labute approximate surface area is 114 Å². The van der Waals surface area contributed by atoms with E-state index in [-0.39, 0.29) is 13.0 Å². The Kier molecular flexibility index (Phi) is 3.92. The third kappa shape index (κ3) is 2.34. The topological polar surface area (TPSA) is 84.3 Å². The predicted molar refractivity (Wildman–Crippen MR) is 70.3 cm³/mol. The van der Waals surface area contributed by atoms with Gasteiger partial charge >= 0.3 is 5.69 Å². The van der Waals surface area contributed by atoms with Gasteiger partial charge in [-0.2, -0.15) is 0 Å². The lowest BCUT2D eigenvalue weighted by Crippen LogP contribution is -2.38. The SMILES string of the molecule is CCO[C@@]1(CO)C[C@@H](n2cc(C)c(=O)[nH]c2=O)C=C1F. The van der Waals surface area contributed by atoms with Crippen LogP contribution in [0.2, 0.25) is 0 Å². The van der Waals surface area contributed by atoms with Crippen molar-refractivity contribution in [2.75, 3.05) is 13.2 Å². The zero-order valence-corrected chi connectivity index (χ0v) is 11.4. The minimum absolute atomic E-state index is 0.106. The normalized spacial score (nSPS) is 25.8. The molecule has 0 fully saturated rings. The third-order valence-electron chi connectivity index (χ3n) is 3.49. The van der Waals surface area contributed by atoms with Crippen molar-refractivity contribution in [3.05, 3.63) is 44.5 Å². The Balaban J connectivity index is 2.41. The van der Waals surface area contributed by atoms with E-state index in [1.165, 1.54) is 16.8 Å². The van der Waals surface area contributed by atoms with Gasteiger partial charge in [0.1, 0.15) is 11.4 Å². The largest absolute Gasteiger partial charge is 0.393 e. The van der Waals surface area contributed by atoms with Gasteiger partial charge in [0, 0.05) is 24.8 Å². The van der Waals surface area contributed by atoms with E-state index in [1.54, 1.807) is 13.8 Å². The van der Waals surface area contributed by atoms with Gasteiger partial charge in [-0.15, -0.1) is 0 Å². The van der Waals surface area contributed by atoms with E-state index in [0.717, 1.165) is 0 Å². The molecule has 0 aromatic carbocycles. The summed E-state index contributed by atoms with van der Waals surface area (Å²) in [6, 6.07) is -0.600. The molecule has 0 spiro atoms. The highest BCUT2D eigenvalue weighted by Crippen LogP contribution is 2.39. The van der Waals surface area contributed by atoms with Crippen LogP contribution in [0.4, 0.5) is 4.39 Å². The quantitative estimate of drug-likeness (QED) is 0.838. The van der Waals surface area contributed by atoms with Crippen molar-refractivity contribution < 1.29 is 14.2 Å². The van der Waals surface area contributed by atoms with E-state index in [2.05, 4.69) is 4.98 Å². The fourth-order valence-electron chi connectivity index (χ4n) is 2.42. The third-order valence-corrected chi connectivity index (χ3v) is 3.49. The van der Waals surface area contributed by atoms with Crippen molar-refractivity contribution in [1.82, 2.24) is 9.55 Å². The van der Waals surface area contributed by atoms with Gasteiger partial charge in [0.2, 0.25) is 0 Å². The molecule has 2 atom stereocenters. The molecular formula is C13H17FN2O4. The molecule has 6 nitrogen and oxygen atoms in total. The van der Waals surface area contributed by atoms with Gasteiger partial charge in [-0.25, -0.2) is 9.18 Å². The van der Waals surface area contributed by atoms with Gasteiger partial charge in [0.15, 0.2) is 0 Å². The van der Waals surface area contributed by atoms with E-state index >= 15 is 0 Å². The van der Waals surface area contributed by atoms with E-state index in [1.807, 2.05) is 0 Å². The average Bonchev–Trinajstić information content (AvgIpc) is 2.72. The first-order valence-electron chi connectivity index (χ1n) is 6.38. The zero-order valence-electron chi connectivity index (χ0n) is 11.4. The van der Waals surface area contributed by atoms with Gasteiger partial charge in [0.05, 0.1) is 12.6 Å². The van der Waals surface area contributed by atoms with Gasteiger partial charge in [0.25, 0.3) is 5.56 Å². The number of hydrogen-bond donors (Lipinski definition) is 2. The molecule has 20 heavy (non-hydrogen) atoms. The summed E-state index contributed by atoms with van der Waals surface area (Å²) in [5.74, 6) is -0.595. The zero-order chi connectivity index (χ0) is 14.9. The van der Waals surface area contributed by atoms with E-state index < -0.39 is 35.3 Å². The number of nitrogens with zero attached hydrogens (tertiary/aromatic N) is 1. The molecule has 0 saturated heterocycles. The van der Waals surface area contributed by atoms with Gasteiger partial charge in [-0.1, -0.05) is 0 Å². The molecule has 110 valence electrons. The number of allylic oxidation sites excluding steroid dienone is 1. The van der Waals surface area contributed by atoms with Crippen LogP contribution in [-0.4, -0.2) is 33.5 Å². The van der Waals surface area contributed by atoms with Gasteiger partial charge in [-0.3, -0.25) is 14.3 Å². The number of hydrogen-bond acceptors (Lipinski definition) is 4. The number of aromatic nitrogens is 2. The molecule has 0 saturated carbocycles. The van der Waals surface area contributed by atoms with Crippen molar-refractivity contribution in [3.8, 4) is 0 Å². The number of aryl methyl sites for hydroxylation is 1. The molecule has 1 aromatic rings. The fourth-order valence-corrected chi connectivity index (χ4v) is 2.42. The first-order chi connectivity index (χ1) is 9.43. The summed E-state index contributed by atoms with van der Waals surface area (Å²) < 4.78 is 20.6. The Morgan fingerprint density at radius 1 is 1.60 bits per heavy atom. The summed E-state index contributed by atoms with van der Waals surface area (Å²) in [4.78, 5) is 25.3. The number of aliphatic hydroxyl groups excluding tert-OH is 1. The molecule has 0 amide bonds. The van der Waals surface area contributed by atoms with Crippen LogP contribution in [-0.2, 0) is 4.74 Å². The van der Waals surface area contributed by atoms with E-state index in [4.69, 9.17) is 4.74 Å². The molecule has 1 aliphatic rings. The van der Waals surface area contributed by atoms with Crippen molar-refractivity contribution in [2.24, 2.45) is 0 Å². The van der Waals surface area contributed by atoms with Gasteiger partial charge in [-0.05, 0) is 19.9 Å². The molecule has 1 aliphatic carbocycles. The summed E-state index contributed by atoms with van der Waals surface area (Å²) in [6.45, 7) is 3.00. The Bertz CT molecular complexity index is 649. The molecular weight excluding hydrogens is 267 g/mol. The molecule has 1 aromatic heterocycles. The maximum Gasteiger partial charge on any atom is 0.328 e. The van der Waals surface area contributed by atoms with E-state index in [9.17, 15) is 19.1 Å². The summed E-state index contributed by atoms with van der Waals surface area (Å²) in [7, 11) is 0. The molecule has 2 rings (SSSR count). The predicted octanol–water partition coefficient (Wildman–Crippen LogP) is 0.411. The van der Waals surface area contributed by atoms with Crippen LogP contribution < -0.4 is 11.2 Å². The Morgan fingerprint density at radius 3 is 2.90 bits per heavy atom. The van der Waals surface area contributed by atoms with Crippen LogP contribution in [0.1, 0.15) is 24.9 Å². The molecule has 7 heteroatoms. The number of halogens is 1. The second-order valence-corrected chi connectivity index (χ2v) is 4.85. The van der Waals surface area contributed by atoms with Crippen molar-refractivity contribution >= 4 is 0 Å². The molecule has 2 N–H and O–H groups in total. The fraction of sp³-hybridized carbons (Fsp3) is 0.538. The summed E-state index contributed by atoms with van der Waals surface area (Å²) in [6.07, 6.45) is 2.73. The molecule has 0 aliphatic heterocycles. The first kappa shape index (κ1) is 14.7. The monoisotopic (exact) mass is 284 g/mol. The summed E-state index contributed by atoms with van der Waals surface area (Å²) >= 11 is 0. The Morgan fingerprint density at radius 2 is 2.30 bits per heavy atom. The van der Waals surface area contributed by atoms with Crippen molar-refractivity contribution in [3.63, 3.8) is 0 Å². The molecule has 1 heterocycles. The number of aliphatic hydroxyl groups is 1. The standard InChI is InChI=1S/C13H17FN2O4/c1-3-20-13(7-17)5-9(4-10(13)14)16-6-8(2)11(18)15-12(16)19/h4,6,9,17H,3,5,7H2,1-2H3,(H,15,18,19)/t9-,13+/m0/s1. The summed E-state index contributed by atoms with van der Waals surface area (Å²) in [5.41, 5.74) is -2.12. The highest BCUT2D eigenvalue weighted by molar-refractivity contribution is 5.22. The Hall–Kier alpha value is -1.73. The van der Waals surface area contributed by atoms with E-state index in [0.29, 0.717) is 5.56 Å². The van der Waals surface area contributed by atoms with Crippen molar-refractivity contribution in [1.29, 1.82) is 0 Å². The number of aromatic amines is 1. The van der Waals surface area contributed by atoms with Crippen LogP contribution in [0.15, 0.2) is 27.7 Å². The number of rotatable bonds is 4. The van der Waals surface area contributed by atoms with Crippen LogP contribution in [0.5, 0.6) is 0 Å². The van der Waals surface area contributed by atoms with Gasteiger partial charge < -0.3 is 9.84 Å². The minimum atomic E-state index is -1.40. The number of H-pyrrole nitrogens is 1. The first-order valence-corrected chi connectivity index (χ1v) is 6.38. The highest BCUT2D eigenvalue weighted by atomic mass is 19.1. The maximum absolute atomic E-state index is 14.1. The van der Waals surface area contributed by atoms with Crippen LogP contribution in [0.25, 0.3) is 0 Å². The average molecular weight is 284 g/mol. The molecule has 0 unspecified atom stereocenters. The maximum atomic E-state index is 14.1. The number of ether oxygens (including phenoxy) is 1. The van der Waals surface area contributed by atoms with Crippen LogP contribution in [0.3, 0.4) is 0 Å². The molecule has 0 bridgehead atoms. The highest BCUT2D eigenvalue weighted by Gasteiger charge is 2.43. The number of nitrogens with one attached hydrogen (secondary N) is 1. The minimum Gasteiger partial charge on any atom is -0.393 e. The van der Waals surface area contributed by atoms with Crippen molar-refractivity contribution in [2.45, 2.75) is 31.9 Å². The lowest BCUT2D eigenvalue weighted by molar-refractivity contribution is -0.0629. The van der Waals surface area contributed by atoms with Crippen LogP contribution in [0, 0.1) is 6.92 Å². The summed E-state index contributed by atoms with van der Waals surface area (Å²) in [5, 5.41) is 9.40. The molecule has 0 radical (unpaired) electrons. The second kappa shape index (κ2) is 5.34. The van der Waals surface area contributed by atoms with Crippen LogP contribution >= 0.6 is 0 Å². The lowest BCUT2D eigenvalue weighted by atomic mass is 10.0.